The van der Waals surface area contributed by atoms with Gasteiger partial charge in [-0.25, -0.2) is 4.39 Å². The van der Waals surface area contributed by atoms with Gasteiger partial charge < -0.3 is 5.11 Å². The van der Waals surface area contributed by atoms with E-state index in [0.717, 1.165) is 6.54 Å². The minimum atomic E-state index is -0.875. The summed E-state index contributed by atoms with van der Waals surface area (Å²) in [7, 11) is 0. The summed E-state index contributed by atoms with van der Waals surface area (Å²) < 4.78 is 15.5. The molecule has 1 heterocycles. The maximum atomic E-state index is 13.1. The Hall–Kier alpha value is -1.20. The molecular weight excluding hydrogens is 287 g/mol. The number of aromatic nitrogens is 2. The topological polar surface area (TPSA) is 38.0 Å². The fraction of sp³-hybridized carbons (Fsp3) is 0.250. The molecule has 0 aliphatic carbocycles. The van der Waals surface area contributed by atoms with Crippen molar-refractivity contribution in [2.24, 2.45) is 0 Å². The first-order chi connectivity index (χ1) is 8.11. The van der Waals surface area contributed by atoms with Gasteiger partial charge in [-0.15, -0.1) is 0 Å². The molecule has 0 saturated heterocycles. The molecule has 90 valence electrons. The second-order valence-electron chi connectivity index (χ2n) is 3.70. The maximum absolute atomic E-state index is 13.1. The van der Waals surface area contributed by atoms with E-state index in [-0.39, 0.29) is 5.82 Å². The van der Waals surface area contributed by atoms with Gasteiger partial charge in [0, 0.05) is 28.3 Å². The highest BCUT2D eigenvalue weighted by atomic mass is 79.9. The molecule has 0 radical (unpaired) electrons. The van der Waals surface area contributed by atoms with E-state index in [1.54, 1.807) is 23.1 Å². The number of hydrogen-bond donors (Lipinski definition) is 1. The van der Waals surface area contributed by atoms with Crippen molar-refractivity contribution in [2.75, 3.05) is 0 Å². The van der Waals surface area contributed by atoms with Crippen LogP contribution in [0.5, 0.6) is 0 Å². The van der Waals surface area contributed by atoms with E-state index in [9.17, 15) is 9.50 Å². The Bertz CT molecular complexity index is 527. The third-order valence-corrected chi connectivity index (χ3v) is 3.27. The highest BCUT2D eigenvalue weighted by molar-refractivity contribution is 9.10. The molecule has 0 saturated carbocycles. The number of benzene rings is 1. The fourth-order valence-electron chi connectivity index (χ4n) is 1.60. The summed E-state index contributed by atoms with van der Waals surface area (Å²) in [6.07, 6.45) is 2.47. The first kappa shape index (κ1) is 12.3. The molecule has 0 aliphatic rings. The van der Waals surface area contributed by atoms with Gasteiger partial charge in [-0.1, -0.05) is 15.9 Å². The van der Waals surface area contributed by atoms with Gasteiger partial charge in [0.15, 0.2) is 0 Å². The number of rotatable bonds is 3. The molecule has 0 amide bonds. The van der Waals surface area contributed by atoms with Gasteiger partial charge >= 0.3 is 0 Å². The van der Waals surface area contributed by atoms with Crippen molar-refractivity contribution < 1.29 is 9.50 Å². The number of halogens is 2. The molecule has 0 bridgehead atoms. The predicted octanol–water partition coefficient (Wildman–Crippen LogP) is 2.89. The largest absolute Gasteiger partial charge is 0.383 e. The molecule has 0 fully saturated rings. The van der Waals surface area contributed by atoms with Crippen LogP contribution >= 0.6 is 15.9 Å². The van der Waals surface area contributed by atoms with Crippen LogP contribution in [0.1, 0.15) is 24.2 Å². The van der Waals surface area contributed by atoms with Crippen molar-refractivity contribution in [3.63, 3.8) is 0 Å². The van der Waals surface area contributed by atoms with Crippen molar-refractivity contribution in [2.45, 2.75) is 19.6 Å². The van der Waals surface area contributed by atoms with Gasteiger partial charge in [-0.3, -0.25) is 4.68 Å². The second-order valence-corrected chi connectivity index (χ2v) is 4.55. The van der Waals surface area contributed by atoms with Gasteiger partial charge in [0.2, 0.25) is 0 Å². The average molecular weight is 299 g/mol. The van der Waals surface area contributed by atoms with Gasteiger partial charge in [0.05, 0.1) is 6.20 Å². The molecule has 3 nitrogen and oxygen atoms in total. The van der Waals surface area contributed by atoms with E-state index in [0.29, 0.717) is 15.6 Å². The van der Waals surface area contributed by atoms with Crippen LogP contribution in [0.2, 0.25) is 0 Å². The van der Waals surface area contributed by atoms with Crippen LogP contribution in [-0.2, 0) is 6.54 Å². The van der Waals surface area contributed by atoms with Crippen LogP contribution in [-0.4, -0.2) is 14.9 Å². The van der Waals surface area contributed by atoms with Gasteiger partial charge in [-0.2, -0.15) is 5.10 Å². The van der Waals surface area contributed by atoms with Crippen LogP contribution in [0, 0.1) is 5.82 Å². The summed E-state index contributed by atoms with van der Waals surface area (Å²) in [5, 5.41) is 14.2. The SMILES string of the molecule is CCn1cc(C(O)c2cc(F)ccc2Br)cn1. The van der Waals surface area contributed by atoms with Gasteiger partial charge in [-0.05, 0) is 25.1 Å². The van der Waals surface area contributed by atoms with E-state index in [4.69, 9.17) is 0 Å². The van der Waals surface area contributed by atoms with Crippen molar-refractivity contribution in [3.8, 4) is 0 Å². The monoisotopic (exact) mass is 298 g/mol. The van der Waals surface area contributed by atoms with Crippen molar-refractivity contribution >= 4 is 15.9 Å². The summed E-state index contributed by atoms with van der Waals surface area (Å²) in [5.41, 5.74) is 1.15. The summed E-state index contributed by atoms with van der Waals surface area (Å²) in [6, 6.07) is 4.24. The summed E-state index contributed by atoms with van der Waals surface area (Å²) in [5.74, 6) is -0.370. The standard InChI is InChI=1S/C12H12BrFN2O/c1-2-16-7-8(6-15-16)12(17)10-5-9(14)3-4-11(10)13/h3-7,12,17H,2H2,1H3. The Morgan fingerprint density at radius 3 is 2.94 bits per heavy atom. The third kappa shape index (κ3) is 2.56. The molecule has 2 rings (SSSR count). The number of hydrogen-bond acceptors (Lipinski definition) is 2. The molecule has 5 heteroatoms. The highest BCUT2D eigenvalue weighted by Crippen LogP contribution is 2.28. The summed E-state index contributed by atoms with van der Waals surface area (Å²) in [4.78, 5) is 0. The Morgan fingerprint density at radius 1 is 1.53 bits per heavy atom. The molecule has 17 heavy (non-hydrogen) atoms. The lowest BCUT2D eigenvalue weighted by Gasteiger charge is -2.11. The number of nitrogens with zero attached hydrogens (tertiary/aromatic N) is 2. The minimum absolute atomic E-state index is 0.370. The Labute approximate surface area is 107 Å². The zero-order chi connectivity index (χ0) is 12.4. The zero-order valence-electron chi connectivity index (χ0n) is 9.27. The van der Waals surface area contributed by atoms with E-state index in [2.05, 4.69) is 21.0 Å². The third-order valence-electron chi connectivity index (χ3n) is 2.55. The molecule has 1 N–H and O–H groups in total. The van der Waals surface area contributed by atoms with E-state index in [1.165, 1.54) is 12.1 Å². The fourth-order valence-corrected chi connectivity index (χ4v) is 2.06. The molecule has 0 aliphatic heterocycles. The van der Waals surface area contributed by atoms with Crippen LogP contribution in [0.15, 0.2) is 35.1 Å². The molecule has 2 aromatic rings. The first-order valence-electron chi connectivity index (χ1n) is 5.27. The van der Waals surface area contributed by atoms with Crippen molar-refractivity contribution in [1.82, 2.24) is 9.78 Å². The number of aliphatic hydroxyl groups is 1. The lowest BCUT2D eigenvalue weighted by molar-refractivity contribution is 0.219. The van der Waals surface area contributed by atoms with Crippen LogP contribution in [0.25, 0.3) is 0 Å². The van der Waals surface area contributed by atoms with E-state index < -0.39 is 6.10 Å². The quantitative estimate of drug-likeness (QED) is 0.946. The predicted molar refractivity (Wildman–Crippen MR) is 66.1 cm³/mol. The summed E-state index contributed by atoms with van der Waals surface area (Å²) >= 11 is 3.30. The zero-order valence-corrected chi connectivity index (χ0v) is 10.9. The molecule has 1 aromatic carbocycles. The van der Waals surface area contributed by atoms with Gasteiger partial charge in [0.25, 0.3) is 0 Å². The lowest BCUT2D eigenvalue weighted by Crippen LogP contribution is -2.00. The Balaban J connectivity index is 2.35. The smallest absolute Gasteiger partial charge is 0.123 e. The normalized spacial score (nSPS) is 12.7. The van der Waals surface area contributed by atoms with Crippen molar-refractivity contribution in [3.05, 3.63) is 52.0 Å². The Kier molecular flexibility index (Phi) is 3.59. The second kappa shape index (κ2) is 4.98. The van der Waals surface area contributed by atoms with Crippen LogP contribution in [0.3, 0.4) is 0 Å². The van der Waals surface area contributed by atoms with Crippen LogP contribution < -0.4 is 0 Å². The maximum Gasteiger partial charge on any atom is 0.123 e. The summed E-state index contributed by atoms with van der Waals surface area (Å²) in [6.45, 7) is 2.69. The molecule has 1 unspecified atom stereocenters. The molecule has 1 aromatic heterocycles. The molecule has 1 atom stereocenters. The molecular formula is C12H12BrFN2O. The van der Waals surface area contributed by atoms with Crippen molar-refractivity contribution in [1.29, 1.82) is 0 Å². The number of aryl methyl sites for hydroxylation is 1. The Morgan fingerprint density at radius 2 is 2.29 bits per heavy atom. The number of aliphatic hydroxyl groups excluding tert-OH is 1. The van der Waals surface area contributed by atoms with E-state index >= 15 is 0 Å². The average Bonchev–Trinajstić information content (AvgIpc) is 2.80. The van der Waals surface area contributed by atoms with Gasteiger partial charge in [0.1, 0.15) is 11.9 Å². The highest BCUT2D eigenvalue weighted by Gasteiger charge is 2.16. The first-order valence-corrected chi connectivity index (χ1v) is 6.06. The molecule has 0 spiro atoms. The minimum Gasteiger partial charge on any atom is -0.383 e. The van der Waals surface area contributed by atoms with Crippen LogP contribution in [0.4, 0.5) is 4.39 Å². The lowest BCUT2D eigenvalue weighted by atomic mass is 10.0. The van der Waals surface area contributed by atoms with E-state index in [1.807, 2.05) is 6.92 Å².